The van der Waals surface area contributed by atoms with Gasteiger partial charge < -0.3 is 4.74 Å². The Morgan fingerprint density at radius 1 is 1.50 bits per heavy atom. The third kappa shape index (κ3) is 1.98. The van der Waals surface area contributed by atoms with Crippen LogP contribution in [0.15, 0.2) is 0 Å². The van der Waals surface area contributed by atoms with Gasteiger partial charge in [-0.1, -0.05) is 20.3 Å². The van der Waals surface area contributed by atoms with Crippen molar-refractivity contribution < 1.29 is 4.74 Å². The average Bonchev–Trinajstić information content (AvgIpc) is 1.89. The zero-order valence-electron chi connectivity index (χ0n) is 7.15. The molecule has 0 aromatic carbocycles. The first-order valence-corrected chi connectivity index (χ1v) is 4.35. The van der Waals surface area contributed by atoms with Gasteiger partial charge in [-0.05, 0) is 24.7 Å². The molecule has 0 aromatic rings. The van der Waals surface area contributed by atoms with Gasteiger partial charge in [0.15, 0.2) is 0 Å². The molecule has 0 saturated carbocycles. The molecule has 0 amide bonds. The predicted octanol–water partition coefficient (Wildman–Crippen LogP) is 2.60. The summed E-state index contributed by atoms with van der Waals surface area (Å²) in [7, 11) is 0. The zero-order valence-corrected chi connectivity index (χ0v) is 7.15. The van der Waals surface area contributed by atoms with Gasteiger partial charge in [-0.25, -0.2) is 0 Å². The van der Waals surface area contributed by atoms with Crippen LogP contribution in [0, 0.1) is 5.41 Å². The van der Waals surface area contributed by atoms with E-state index in [1.165, 1.54) is 25.7 Å². The van der Waals surface area contributed by atoms with Gasteiger partial charge in [0, 0.05) is 6.61 Å². The number of hydrogen-bond donors (Lipinski definition) is 0. The Labute approximate surface area is 63.8 Å². The molecule has 1 fully saturated rings. The van der Waals surface area contributed by atoms with Crippen LogP contribution in [0.1, 0.15) is 39.5 Å². The lowest BCUT2D eigenvalue weighted by atomic mass is 9.81. The highest BCUT2D eigenvalue weighted by molar-refractivity contribution is 4.75. The first-order chi connectivity index (χ1) is 4.77. The van der Waals surface area contributed by atoms with Crippen LogP contribution in [0.5, 0.6) is 0 Å². The van der Waals surface area contributed by atoms with E-state index < -0.39 is 0 Å². The number of hydrogen-bond acceptors (Lipinski definition) is 1. The highest BCUT2D eigenvalue weighted by Crippen LogP contribution is 2.32. The van der Waals surface area contributed by atoms with E-state index in [1.807, 2.05) is 0 Å². The second-order valence-electron chi connectivity index (χ2n) is 3.72. The molecule has 60 valence electrons. The maximum Gasteiger partial charge on any atom is 0.0519 e. The van der Waals surface area contributed by atoms with Gasteiger partial charge in [0.1, 0.15) is 0 Å². The van der Waals surface area contributed by atoms with Crippen LogP contribution in [-0.4, -0.2) is 13.2 Å². The maximum atomic E-state index is 5.44. The van der Waals surface area contributed by atoms with Crippen LogP contribution in [-0.2, 0) is 4.74 Å². The van der Waals surface area contributed by atoms with Crippen LogP contribution in [0.2, 0.25) is 0 Å². The summed E-state index contributed by atoms with van der Waals surface area (Å²) in [6.45, 7) is 6.57. The van der Waals surface area contributed by atoms with Crippen molar-refractivity contribution in [3.8, 4) is 0 Å². The quantitative estimate of drug-likeness (QED) is 0.576. The Bertz CT molecular complexity index is 87.4. The molecule has 0 N–H and O–H groups in total. The molecular weight excluding hydrogens is 124 g/mol. The molecule has 10 heavy (non-hydrogen) atoms. The van der Waals surface area contributed by atoms with E-state index in [0.717, 1.165) is 13.2 Å². The van der Waals surface area contributed by atoms with Gasteiger partial charge in [0.05, 0.1) is 6.61 Å². The first kappa shape index (κ1) is 8.06. The Kier molecular flexibility index (Phi) is 2.72. The van der Waals surface area contributed by atoms with Crippen LogP contribution in [0.25, 0.3) is 0 Å². The van der Waals surface area contributed by atoms with Crippen molar-refractivity contribution in [3.05, 3.63) is 0 Å². The molecule has 1 aliphatic heterocycles. The van der Waals surface area contributed by atoms with Crippen LogP contribution < -0.4 is 0 Å². The van der Waals surface area contributed by atoms with Gasteiger partial charge in [-0.3, -0.25) is 0 Å². The lowest BCUT2D eigenvalue weighted by molar-refractivity contribution is -0.00228. The molecule has 0 spiro atoms. The summed E-state index contributed by atoms with van der Waals surface area (Å²) in [6, 6.07) is 0. The van der Waals surface area contributed by atoms with E-state index in [0.29, 0.717) is 5.41 Å². The molecule has 1 nitrogen and oxygen atoms in total. The zero-order chi connectivity index (χ0) is 7.45. The third-order valence-corrected chi connectivity index (χ3v) is 2.37. The van der Waals surface area contributed by atoms with Gasteiger partial charge >= 0.3 is 0 Å². The van der Waals surface area contributed by atoms with Crippen molar-refractivity contribution in [1.29, 1.82) is 0 Å². The van der Waals surface area contributed by atoms with E-state index in [1.54, 1.807) is 0 Å². The van der Waals surface area contributed by atoms with E-state index in [9.17, 15) is 0 Å². The summed E-state index contributed by atoms with van der Waals surface area (Å²) >= 11 is 0. The molecule has 1 atom stereocenters. The Hall–Kier alpha value is -0.0400. The van der Waals surface area contributed by atoms with Crippen molar-refractivity contribution in [1.82, 2.24) is 0 Å². The number of rotatable bonds is 2. The molecule has 0 aliphatic carbocycles. The summed E-state index contributed by atoms with van der Waals surface area (Å²) < 4.78 is 5.44. The minimum absolute atomic E-state index is 0.507. The lowest BCUT2D eigenvalue weighted by Crippen LogP contribution is -2.28. The fourth-order valence-corrected chi connectivity index (χ4v) is 1.79. The van der Waals surface area contributed by atoms with Gasteiger partial charge in [0.25, 0.3) is 0 Å². The molecule has 1 rings (SSSR count). The van der Waals surface area contributed by atoms with Crippen LogP contribution in [0.4, 0.5) is 0 Å². The Morgan fingerprint density at radius 3 is 2.80 bits per heavy atom. The van der Waals surface area contributed by atoms with Crippen molar-refractivity contribution in [2.45, 2.75) is 39.5 Å². The third-order valence-electron chi connectivity index (χ3n) is 2.37. The highest BCUT2D eigenvalue weighted by atomic mass is 16.5. The normalized spacial score (nSPS) is 34.2. The largest absolute Gasteiger partial charge is 0.381 e. The van der Waals surface area contributed by atoms with E-state index >= 15 is 0 Å². The summed E-state index contributed by atoms with van der Waals surface area (Å²) in [6.07, 6.45) is 5.24. The highest BCUT2D eigenvalue weighted by Gasteiger charge is 2.25. The topological polar surface area (TPSA) is 9.23 Å². The molecule has 0 bridgehead atoms. The lowest BCUT2D eigenvalue weighted by Gasteiger charge is -2.32. The number of ether oxygens (including phenoxy) is 1. The summed E-state index contributed by atoms with van der Waals surface area (Å²) in [5.74, 6) is 0. The fraction of sp³-hybridized carbons (Fsp3) is 1.00. The monoisotopic (exact) mass is 142 g/mol. The fourth-order valence-electron chi connectivity index (χ4n) is 1.79. The SMILES string of the molecule is CCCC1(C)CCCOC1. The van der Waals surface area contributed by atoms with Gasteiger partial charge in [-0.15, -0.1) is 0 Å². The van der Waals surface area contributed by atoms with Crippen LogP contribution in [0.3, 0.4) is 0 Å². The second kappa shape index (κ2) is 3.38. The van der Waals surface area contributed by atoms with E-state index in [-0.39, 0.29) is 0 Å². The standard InChI is InChI=1S/C9H18O/c1-3-5-9(2)6-4-7-10-8-9/h3-8H2,1-2H3. The molecule has 1 heterocycles. The average molecular weight is 142 g/mol. The molecule has 1 saturated heterocycles. The first-order valence-electron chi connectivity index (χ1n) is 4.35. The van der Waals surface area contributed by atoms with E-state index in [2.05, 4.69) is 13.8 Å². The van der Waals surface area contributed by atoms with Crippen molar-refractivity contribution >= 4 is 0 Å². The molecule has 1 unspecified atom stereocenters. The van der Waals surface area contributed by atoms with Gasteiger partial charge in [0.2, 0.25) is 0 Å². The second-order valence-corrected chi connectivity index (χ2v) is 3.72. The summed E-state index contributed by atoms with van der Waals surface area (Å²) in [5.41, 5.74) is 0.507. The molecular formula is C9H18O. The smallest absolute Gasteiger partial charge is 0.0519 e. The summed E-state index contributed by atoms with van der Waals surface area (Å²) in [5, 5.41) is 0. The van der Waals surface area contributed by atoms with Gasteiger partial charge in [-0.2, -0.15) is 0 Å². The Morgan fingerprint density at radius 2 is 2.30 bits per heavy atom. The molecule has 1 aliphatic rings. The van der Waals surface area contributed by atoms with Crippen LogP contribution >= 0.6 is 0 Å². The minimum atomic E-state index is 0.507. The Balaban J connectivity index is 2.32. The van der Waals surface area contributed by atoms with Crippen molar-refractivity contribution in [2.75, 3.05) is 13.2 Å². The summed E-state index contributed by atoms with van der Waals surface area (Å²) in [4.78, 5) is 0. The van der Waals surface area contributed by atoms with E-state index in [4.69, 9.17) is 4.74 Å². The maximum absolute atomic E-state index is 5.44. The molecule has 1 heteroatoms. The molecule has 0 radical (unpaired) electrons. The predicted molar refractivity (Wildman–Crippen MR) is 43.1 cm³/mol. The molecule has 0 aromatic heterocycles. The minimum Gasteiger partial charge on any atom is -0.381 e. The van der Waals surface area contributed by atoms with Crippen molar-refractivity contribution in [2.24, 2.45) is 5.41 Å². The van der Waals surface area contributed by atoms with Crippen molar-refractivity contribution in [3.63, 3.8) is 0 Å².